The molecule has 0 spiro atoms. The molecule has 0 rings (SSSR count). The fourth-order valence-corrected chi connectivity index (χ4v) is 8.94. The van der Waals surface area contributed by atoms with Crippen molar-refractivity contribution in [2.45, 2.75) is 225 Å². The molecule has 0 saturated heterocycles. The van der Waals surface area contributed by atoms with Crippen molar-refractivity contribution in [1.29, 1.82) is 0 Å². The Morgan fingerprint density at radius 2 is 0.614 bits per heavy atom. The molecule has 0 fully saturated rings. The highest BCUT2D eigenvalue weighted by Crippen LogP contribution is 2.43. The summed E-state index contributed by atoms with van der Waals surface area (Å²) in [5, 5.41) is 0. The van der Waals surface area contributed by atoms with Crippen LogP contribution in [0.4, 0.5) is 0 Å². The van der Waals surface area contributed by atoms with Gasteiger partial charge in [0.15, 0.2) is 6.10 Å². The van der Waals surface area contributed by atoms with Crippen LogP contribution in [-0.2, 0) is 32.7 Å². The summed E-state index contributed by atoms with van der Waals surface area (Å²) >= 11 is 0. The number of hydrogen-bond acceptors (Lipinski definition) is 7. The van der Waals surface area contributed by atoms with Gasteiger partial charge in [0.05, 0.1) is 27.7 Å². The van der Waals surface area contributed by atoms with E-state index in [0.717, 1.165) is 148 Å². The lowest BCUT2D eigenvalue weighted by Gasteiger charge is -2.24. The van der Waals surface area contributed by atoms with Crippen LogP contribution in [0.1, 0.15) is 219 Å². The molecule has 2 unspecified atom stereocenters. The molecular formula is C78H123NO8P+. The minimum Gasteiger partial charge on any atom is -0.462 e. The van der Waals surface area contributed by atoms with Crippen molar-refractivity contribution in [2.75, 3.05) is 47.5 Å². The first-order chi connectivity index (χ1) is 43.0. The minimum atomic E-state index is -4.42. The van der Waals surface area contributed by atoms with Gasteiger partial charge in [0.25, 0.3) is 0 Å². The predicted molar refractivity (Wildman–Crippen MR) is 380 cm³/mol. The van der Waals surface area contributed by atoms with E-state index in [1.165, 1.54) is 32.1 Å². The van der Waals surface area contributed by atoms with Crippen LogP contribution in [0.15, 0.2) is 207 Å². The molecule has 2 atom stereocenters. The molecule has 0 saturated carbocycles. The van der Waals surface area contributed by atoms with Crippen LogP contribution in [0.3, 0.4) is 0 Å². The average Bonchev–Trinajstić information content (AvgIpc) is 3.68. The lowest BCUT2D eigenvalue weighted by Crippen LogP contribution is -2.37. The number of rotatable bonds is 59. The highest BCUT2D eigenvalue weighted by Gasteiger charge is 2.27. The second kappa shape index (κ2) is 66.0. The quantitative estimate of drug-likeness (QED) is 0.0211. The van der Waals surface area contributed by atoms with Crippen LogP contribution in [0.25, 0.3) is 0 Å². The van der Waals surface area contributed by atoms with Gasteiger partial charge in [-0.1, -0.05) is 265 Å². The number of unbranched alkanes of at least 4 members (excludes halogenated alkanes) is 11. The van der Waals surface area contributed by atoms with E-state index in [4.69, 9.17) is 18.5 Å². The number of ether oxygens (including phenoxy) is 2. The zero-order valence-corrected chi connectivity index (χ0v) is 56.8. The average molecular weight is 1230 g/mol. The number of nitrogens with zero attached hydrogens (tertiary/aromatic N) is 1. The Morgan fingerprint density at radius 3 is 0.932 bits per heavy atom. The van der Waals surface area contributed by atoms with Crippen molar-refractivity contribution < 1.29 is 42.1 Å². The molecule has 0 aliphatic rings. The Balaban J connectivity index is 4.26. The largest absolute Gasteiger partial charge is 0.472 e. The molecule has 88 heavy (non-hydrogen) atoms. The highest BCUT2D eigenvalue weighted by molar-refractivity contribution is 7.47. The van der Waals surface area contributed by atoms with E-state index in [2.05, 4.69) is 220 Å². The summed E-state index contributed by atoms with van der Waals surface area (Å²) < 4.78 is 34.6. The van der Waals surface area contributed by atoms with E-state index in [1.807, 2.05) is 21.1 Å². The maximum atomic E-state index is 12.9. The summed E-state index contributed by atoms with van der Waals surface area (Å²) in [6, 6.07) is 0. The van der Waals surface area contributed by atoms with Crippen LogP contribution in [0.2, 0.25) is 0 Å². The summed E-state index contributed by atoms with van der Waals surface area (Å²) in [7, 11) is 1.41. The van der Waals surface area contributed by atoms with E-state index in [1.54, 1.807) is 0 Å². The van der Waals surface area contributed by atoms with Crippen LogP contribution >= 0.6 is 7.82 Å². The monoisotopic (exact) mass is 1230 g/mol. The first-order valence-electron chi connectivity index (χ1n) is 33.8. The lowest BCUT2D eigenvalue weighted by atomic mass is 10.1. The summed E-state index contributed by atoms with van der Waals surface area (Å²) in [5.41, 5.74) is 0. The summed E-state index contributed by atoms with van der Waals surface area (Å²) in [5.74, 6) is -0.873. The fraction of sp³-hybridized carbons (Fsp3) is 0.538. The maximum absolute atomic E-state index is 12.9. The molecule has 0 aromatic carbocycles. The van der Waals surface area contributed by atoms with Crippen molar-refractivity contribution in [3.63, 3.8) is 0 Å². The number of carbonyl (C=O) groups is 2. The summed E-state index contributed by atoms with van der Waals surface area (Å²) in [6.07, 6.45) is 105. The number of phosphoric ester groups is 1. The van der Waals surface area contributed by atoms with Crippen LogP contribution < -0.4 is 0 Å². The Bertz CT molecular complexity index is 2240. The Kier molecular flexibility index (Phi) is 62.0. The number of allylic oxidation sites excluding steroid dienone is 34. The van der Waals surface area contributed by atoms with E-state index in [9.17, 15) is 19.0 Å². The number of likely N-dealkylation sites (N-methyl/N-ethyl adjacent to an activating group) is 1. The highest BCUT2D eigenvalue weighted by atomic mass is 31.2. The van der Waals surface area contributed by atoms with Gasteiger partial charge in [-0.3, -0.25) is 18.6 Å². The predicted octanol–water partition coefficient (Wildman–Crippen LogP) is 22.3. The first-order valence-corrected chi connectivity index (χ1v) is 35.3. The molecule has 0 aromatic rings. The summed E-state index contributed by atoms with van der Waals surface area (Å²) in [6.45, 7) is 4.12. The normalized spacial score (nSPS) is 14.5. The van der Waals surface area contributed by atoms with Gasteiger partial charge in [0.2, 0.25) is 0 Å². The van der Waals surface area contributed by atoms with E-state index in [0.29, 0.717) is 23.9 Å². The van der Waals surface area contributed by atoms with Gasteiger partial charge in [0.1, 0.15) is 19.8 Å². The van der Waals surface area contributed by atoms with Crippen molar-refractivity contribution >= 4 is 19.8 Å². The molecule has 0 aliphatic carbocycles. The van der Waals surface area contributed by atoms with Gasteiger partial charge in [-0.15, -0.1) is 0 Å². The molecule has 0 amide bonds. The second-order valence-corrected chi connectivity index (χ2v) is 24.2. The van der Waals surface area contributed by atoms with Gasteiger partial charge in [-0.2, -0.15) is 0 Å². The van der Waals surface area contributed by atoms with Crippen molar-refractivity contribution in [2.24, 2.45) is 0 Å². The molecule has 0 aromatic heterocycles. The molecule has 9 nitrogen and oxygen atoms in total. The molecule has 0 bridgehead atoms. The zero-order chi connectivity index (χ0) is 64.1. The first kappa shape index (κ1) is 82.6. The Labute approximate surface area is 538 Å². The zero-order valence-electron chi connectivity index (χ0n) is 55.9. The topological polar surface area (TPSA) is 108 Å². The van der Waals surface area contributed by atoms with Gasteiger partial charge >= 0.3 is 19.8 Å². The number of phosphoric acid groups is 1. The van der Waals surface area contributed by atoms with Crippen molar-refractivity contribution in [3.8, 4) is 0 Å². The Hall–Kier alpha value is -5.41. The van der Waals surface area contributed by atoms with Gasteiger partial charge < -0.3 is 18.9 Å². The van der Waals surface area contributed by atoms with Crippen LogP contribution in [-0.4, -0.2) is 74.9 Å². The SMILES string of the molecule is CC/C=C\C/C=C\C/C=C\C/C=C\C/C=C\C/C=C\C/C=C\C/C=C\C/C=C\C/C=C\C/C=C\C/C=C\CCCCC(=O)OC(COC(=O)CCCCCCCCCCC/C=C\C/C=C\C/C=C\C/C=C\C/C=C\CC)COP(=O)(O)OCC[N+](C)(C)C. The molecule has 492 valence electrons. The lowest BCUT2D eigenvalue weighted by molar-refractivity contribution is -0.870. The van der Waals surface area contributed by atoms with Crippen LogP contribution in [0, 0.1) is 0 Å². The summed E-state index contributed by atoms with van der Waals surface area (Å²) in [4.78, 5) is 35.8. The minimum absolute atomic E-state index is 0.00995. The van der Waals surface area contributed by atoms with Crippen LogP contribution in [0.5, 0.6) is 0 Å². The van der Waals surface area contributed by atoms with Crippen molar-refractivity contribution in [1.82, 2.24) is 0 Å². The van der Waals surface area contributed by atoms with Gasteiger partial charge in [-0.25, -0.2) is 4.57 Å². The van der Waals surface area contributed by atoms with E-state index < -0.39 is 32.5 Å². The third-order valence-electron chi connectivity index (χ3n) is 13.3. The van der Waals surface area contributed by atoms with Crippen molar-refractivity contribution in [3.05, 3.63) is 207 Å². The van der Waals surface area contributed by atoms with Gasteiger partial charge in [-0.05, 0) is 148 Å². The molecule has 1 N–H and O–H groups in total. The molecule has 0 aliphatic heterocycles. The third kappa shape index (κ3) is 69.7. The number of hydrogen-bond donors (Lipinski definition) is 1. The molecule has 10 heteroatoms. The smallest absolute Gasteiger partial charge is 0.462 e. The third-order valence-corrected chi connectivity index (χ3v) is 14.3. The maximum Gasteiger partial charge on any atom is 0.472 e. The Morgan fingerprint density at radius 1 is 0.352 bits per heavy atom. The fourth-order valence-electron chi connectivity index (χ4n) is 8.20. The molecular weight excluding hydrogens is 1110 g/mol. The van der Waals surface area contributed by atoms with E-state index >= 15 is 0 Å². The van der Waals surface area contributed by atoms with Gasteiger partial charge in [0, 0.05) is 12.8 Å². The standard InChI is InChI=1S/C78H122NO8P/c1-6-8-10-12-14-16-18-20-22-24-26-28-30-32-33-34-35-36-37-38-39-40-41-42-43-44-45-47-49-51-53-55-57-59-61-63-65-67-69-71-78(81)87-76(75-86-88(82,83)85-73-72-79(3,4)5)74-84-77(80)70-68-66-64-62-60-58-56-54-52-50-48-46-31-29-27-25-23-21-19-17-15-13-11-9-7-2/h8-11,14-17,20-23,26-29,32-33,35-36,38-39,41-42,44-46,48-49,51,55,57,61,63,76H,6-7,12-13,18-19,24-25,30-31,34,37,40,43,47,50,52-54,56,58-60,62,64-75H2,1-5H3/p+1/b10-8-,11-9-,16-14-,17-15-,22-20-,23-21-,28-26-,29-27-,33-32-,36-35-,39-38-,42-41-,45-44-,48-46-,51-49-,57-55-,63-61-. The number of esters is 2. The molecule has 0 heterocycles. The number of carbonyl (C=O) groups excluding carboxylic acids is 2. The molecule has 0 radical (unpaired) electrons. The second-order valence-electron chi connectivity index (χ2n) is 22.7. The van der Waals surface area contributed by atoms with E-state index in [-0.39, 0.29) is 26.1 Å². The number of quaternary nitrogens is 1.